The molecule has 2 amide bonds. The molecule has 2 rings (SSSR count). The number of methoxy groups -OCH3 is 1. The Morgan fingerprint density at radius 2 is 1.71 bits per heavy atom. The molecule has 2 atom stereocenters. The van der Waals surface area contributed by atoms with Gasteiger partial charge < -0.3 is 20.1 Å². The molecule has 24 heavy (non-hydrogen) atoms. The van der Waals surface area contributed by atoms with Crippen molar-refractivity contribution in [2.75, 3.05) is 31.0 Å². The van der Waals surface area contributed by atoms with Crippen molar-refractivity contribution in [2.24, 2.45) is 5.92 Å². The number of carbonyl (C=O) groups excluding carboxylic acids is 2. The van der Waals surface area contributed by atoms with Gasteiger partial charge in [0.1, 0.15) is 13.2 Å². The highest BCUT2D eigenvalue weighted by molar-refractivity contribution is 5.94. The van der Waals surface area contributed by atoms with Gasteiger partial charge in [0.05, 0.1) is 6.10 Å². The number of hydrogen-bond acceptors (Lipinski definition) is 4. The second-order valence-corrected chi connectivity index (χ2v) is 6.22. The molecule has 2 unspecified atom stereocenters. The Morgan fingerprint density at radius 3 is 2.33 bits per heavy atom. The lowest BCUT2D eigenvalue weighted by Gasteiger charge is -2.28. The molecule has 0 bridgehead atoms. The Kier molecular flexibility index (Phi) is 7.21. The zero-order valence-electron chi connectivity index (χ0n) is 14.3. The van der Waals surface area contributed by atoms with Gasteiger partial charge in [-0.2, -0.15) is 0 Å². The monoisotopic (exact) mass is 334 g/mol. The summed E-state index contributed by atoms with van der Waals surface area (Å²) in [4.78, 5) is 23.6. The third-order valence-electron chi connectivity index (χ3n) is 4.17. The molecular formula is C18H26N2O4. The van der Waals surface area contributed by atoms with Crippen molar-refractivity contribution >= 4 is 23.2 Å². The maximum absolute atomic E-state index is 12.1. The van der Waals surface area contributed by atoms with E-state index >= 15 is 0 Å². The average Bonchev–Trinajstić information content (AvgIpc) is 2.54. The van der Waals surface area contributed by atoms with Crippen molar-refractivity contribution < 1.29 is 19.1 Å². The van der Waals surface area contributed by atoms with E-state index in [0.717, 1.165) is 12.8 Å². The molecule has 1 aromatic carbocycles. The molecule has 6 nitrogen and oxygen atoms in total. The second-order valence-electron chi connectivity index (χ2n) is 6.22. The summed E-state index contributed by atoms with van der Waals surface area (Å²) in [6.45, 7) is 2.22. The van der Waals surface area contributed by atoms with E-state index in [4.69, 9.17) is 9.47 Å². The average molecular weight is 334 g/mol. The summed E-state index contributed by atoms with van der Waals surface area (Å²) in [5.74, 6) is 0.0783. The van der Waals surface area contributed by atoms with Gasteiger partial charge in [-0.05, 0) is 37.0 Å². The molecule has 0 radical (unpaired) electrons. The van der Waals surface area contributed by atoms with Crippen LogP contribution in [-0.2, 0) is 19.1 Å². The van der Waals surface area contributed by atoms with Crippen LogP contribution in [0.25, 0.3) is 0 Å². The smallest absolute Gasteiger partial charge is 0.250 e. The molecule has 1 aliphatic carbocycles. The van der Waals surface area contributed by atoms with E-state index in [1.165, 1.54) is 20.0 Å². The van der Waals surface area contributed by atoms with Crippen molar-refractivity contribution in [3.63, 3.8) is 0 Å². The summed E-state index contributed by atoms with van der Waals surface area (Å²) in [7, 11) is 1.46. The van der Waals surface area contributed by atoms with Crippen LogP contribution in [0.15, 0.2) is 24.3 Å². The number of carbonyl (C=O) groups is 2. The number of ether oxygens (including phenoxy) is 2. The Morgan fingerprint density at radius 1 is 1.08 bits per heavy atom. The van der Waals surface area contributed by atoms with Crippen molar-refractivity contribution in [1.29, 1.82) is 0 Å². The number of benzene rings is 1. The molecule has 1 saturated carbocycles. The Balaban J connectivity index is 1.81. The third kappa shape index (κ3) is 5.94. The van der Waals surface area contributed by atoms with Gasteiger partial charge in [-0.3, -0.25) is 9.59 Å². The van der Waals surface area contributed by atoms with Gasteiger partial charge in [0, 0.05) is 18.5 Å². The molecule has 0 aliphatic heterocycles. The van der Waals surface area contributed by atoms with E-state index in [0.29, 0.717) is 17.3 Å². The van der Waals surface area contributed by atoms with Crippen LogP contribution in [0, 0.1) is 5.92 Å². The Bertz CT molecular complexity index is 562. The Labute approximate surface area is 142 Å². The summed E-state index contributed by atoms with van der Waals surface area (Å²) < 4.78 is 10.5. The van der Waals surface area contributed by atoms with E-state index in [-0.39, 0.29) is 31.1 Å². The van der Waals surface area contributed by atoms with Crippen LogP contribution in [0.4, 0.5) is 11.4 Å². The molecule has 1 aliphatic rings. The van der Waals surface area contributed by atoms with Gasteiger partial charge in [0.2, 0.25) is 11.8 Å². The summed E-state index contributed by atoms with van der Waals surface area (Å²) in [6.07, 6.45) is 4.77. The summed E-state index contributed by atoms with van der Waals surface area (Å²) in [5, 5.41) is 5.49. The third-order valence-corrected chi connectivity index (χ3v) is 4.17. The Hall–Kier alpha value is -1.92. The van der Waals surface area contributed by atoms with Gasteiger partial charge in [0.15, 0.2) is 0 Å². The molecule has 6 heteroatoms. The molecule has 1 aromatic rings. The minimum absolute atomic E-state index is 0.00992. The first-order valence-electron chi connectivity index (χ1n) is 8.39. The second kappa shape index (κ2) is 9.39. The van der Waals surface area contributed by atoms with Gasteiger partial charge in [-0.15, -0.1) is 0 Å². The van der Waals surface area contributed by atoms with E-state index < -0.39 is 0 Å². The van der Waals surface area contributed by atoms with Crippen molar-refractivity contribution in [3.05, 3.63) is 24.3 Å². The number of rotatable bonds is 7. The fraction of sp³-hybridized carbons (Fsp3) is 0.556. The molecule has 2 N–H and O–H groups in total. The summed E-state index contributed by atoms with van der Waals surface area (Å²) in [6, 6.07) is 6.99. The lowest BCUT2D eigenvalue weighted by molar-refractivity contribution is -0.124. The molecule has 1 fully saturated rings. The van der Waals surface area contributed by atoms with Crippen LogP contribution >= 0.6 is 0 Å². The minimum atomic E-state index is -0.240. The highest BCUT2D eigenvalue weighted by Gasteiger charge is 2.22. The minimum Gasteiger partial charge on any atom is -0.375 e. The zero-order valence-corrected chi connectivity index (χ0v) is 14.3. The first kappa shape index (κ1) is 18.4. The van der Waals surface area contributed by atoms with Gasteiger partial charge >= 0.3 is 0 Å². The first-order valence-corrected chi connectivity index (χ1v) is 8.39. The first-order chi connectivity index (χ1) is 11.6. The van der Waals surface area contributed by atoms with Crippen LogP contribution in [-0.4, -0.2) is 38.2 Å². The predicted molar refractivity (Wildman–Crippen MR) is 92.9 cm³/mol. The number of nitrogens with one attached hydrogen (secondary N) is 2. The van der Waals surface area contributed by atoms with Crippen molar-refractivity contribution in [3.8, 4) is 0 Å². The standard InChI is InChI=1S/C18H26N2O4/c1-13-6-3-4-9-16(13)24-12-18(22)20-15-8-5-7-14(10-15)19-17(21)11-23-2/h5,7-8,10,13,16H,3-4,6,9,11-12H2,1-2H3,(H,19,21)(H,20,22). The molecule has 0 spiro atoms. The van der Waals surface area contributed by atoms with E-state index in [2.05, 4.69) is 17.6 Å². The van der Waals surface area contributed by atoms with Crippen LogP contribution in [0.3, 0.4) is 0 Å². The largest absolute Gasteiger partial charge is 0.375 e. The SMILES string of the molecule is COCC(=O)Nc1cccc(NC(=O)COC2CCCCC2C)c1. The van der Waals surface area contributed by atoms with Crippen molar-refractivity contribution in [1.82, 2.24) is 0 Å². The van der Waals surface area contributed by atoms with E-state index in [1.54, 1.807) is 24.3 Å². The van der Waals surface area contributed by atoms with E-state index in [9.17, 15) is 9.59 Å². The highest BCUT2D eigenvalue weighted by Crippen LogP contribution is 2.26. The van der Waals surface area contributed by atoms with Gasteiger partial charge in [0.25, 0.3) is 0 Å². The molecular weight excluding hydrogens is 308 g/mol. The molecule has 0 saturated heterocycles. The fourth-order valence-corrected chi connectivity index (χ4v) is 2.91. The summed E-state index contributed by atoms with van der Waals surface area (Å²) in [5.41, 5.74) is 1.23. The molecule has 0 aromatic heterocycles. The van der Waals surface area contributed by atoms with Crippen LogP contribution in [0.5, 0.6) is 0 Å². The van der Waals surface area contributed by atoms with Gasteiger partial charge in [-0.1, -0.05) is 25.8 Å². The zero-order chi connectivity index (χ0) is 17.4. The van der Waals surface area contributed by atoms with Crippen LogP contribution in [0.1, 0.15) is 32.6 Å². The van der Waals surface area contributed by atoms with E-state index in [1.807, 2.05) is 0 Å². The lowest BCUT2D eigenvalue weighted by Crippen LogP contribution is -2.29. The number of hydrogen-bond donors (Lipinski definition) is 2. The maximum Gasteiger partial charge on any atom is 0.250 e. The quantitative estimate of drug-likeness (QED) is 0.804. The van der Waals surface area contributed by atoms with Crippen molar-refractivity contribution in [2.45, 2.75) is 38.7 Å². The normalized spacial score (nSPS) is 20.4. The topological polar surface area (TPSA) is 76.7 Å². The predicted octanol–water partition coefficient (Wildman–Crippen LogP) is 2.81. The molecule has 132 valence electrons. The molecule has 0 heterocycles. The maximum atomic E-state index is 12.1. The summed E-state index contributed by atoms with van der Waals surface area (Å²) >= 11 is 0. The fourth-order valence-electron chi connectivity index (χ4n) is 2.91. The van der Waals surface area contributed by atoms with Crippen LogP contribution in [0.2, 0.25) is 0 Å². The highest BCUT2D eigenvalue weighted by atomic mass is 16.5. The number of amides is 2. The lowest BCUT2D eigenvalue weighted by atomic mass is 9.88. The number of anilines is 2. The van der Waals surface area contributed by atoms with Gasteiger partial charge in [-0.25, -0.2) is 0 Å². The van der Waals surface area contributed by atoms with Crippen LogP contribution < -0.4 is 10.6 Å².